The summed E-state index contributed by atoms with van der Waals surface area (Å²) in [6.45, 7) is 9.18. The van der Waals surface area contributed by atoms with Gasteiger partial charge in [-0.1, -0.05) is 13.8 Å². The van der Waals surface area contributed by atoms with Gasteiger partial charge < -0.3 is 15.0 Å². The van der Waals surface area contributed by atoms with E-state index >= 15 is 0 Å². The summed E-state index contributed by atoms with van der Waals surface area (Å²) < 4.78 is 18.8. The highest BCUT2D eigenvalue weighted by atomic mass is 19.1. The van der Waals surface area contributed by atoms with Gasteiger partial charge in [0, 0.05) is 42.1 Å². The molecule has 0 saturated carbocycles. The first kappa shape index (κ1) is 23.7. The predicted molar refractivity (Wildman–Crippen MR) is 121 cm³/mol. The summed E-state index contributed by atoms with van der Waals surface area (Å²) in [5, 5.41) is 3.15. The van der Waals surface area contributed by atoms with Gasteiger partial charge in [0.2, 0.25) is 0 Å². The Balaban J connectivity index is 1.59. The Morgan fingerprint density at radius 2 is 1.81 bits per heavy atom. The van der Waals surface area contributed by atoms with Gasteiger partial charge in [0.15, 0.2) is 0 Å². The molecule has 0 radical (unpaired) electrons. The van der Waals surface area contributed by atoms with Crippen LogP contribution in [0.4, 0.5) is 9.18 Å². The van der Waals surface area contributed by atoms with Crippen molar-refractivity contribution in [3.63, 3.8) is 0 Å². The number of piperidine rings is 1. The quantitative estimate of drug-likeness (QED) is 0.693. The number of carbonyl (C=O) groups is 2. The van der Waals surface area contributed by atoms with Gasteiger partial charge in [-0.05, 0) is 75.3 Å². The first-order valence-electron chi connectivity index (χ1n) is 11.2. The summed E-state index contributed by atoms with van der Waals surface area (Å²) in [6, 6.07) is 7.29. The number of aryl methyl sites for hydroxylation is 1. The van der Waals surface area contributed by atoms with Crippen molar-refractivity contribution in [2.75, 3.05) is 13.1 Å². The van der Waals surface area contributed by atoms with Crippen molar-refractivity contribution in [3.8, 4) is 5.75 Å². The molecule has 2 amide bonds. The van der Waals surface area contributed by atoms with Gasteiger partial charge in [0.25, 0.3) is 5.91 Å². The third-order valence-electron chi connectivity index (χ3n) is 6.12. The molecule has 172 valence electrons. The van der Waals surface area contributed by atoms with E-state index in [-0.39, 0.29) is 29.8 Å². The predicted octanol–water partition coefficient (Wildman–Crippen LogP) is 4.89. The summed E-state index contributed by atoms with van der Waals surface area (Å²) in [4.78, 5) is 31.3. The van der Waals surface area contributed by atoms with Gasteiger partial charge in [-0.3, -0.25) is 9.78 Å². The standard InChI is InChI=1S/C25H32FN3O3/c1-16(2)15-22(28-24(30)20-5-7-21(26)8-6-20)19-10-13-29(14-11-19)25(31)32-23-9-12-27-18(4)17(23)3/h5-9,12,16,19,22H,10-11,13-15H2,1-4H3,(H,28,30). The van der Waals surface area contributed by atoms with E-state index in [4.69, 9.17) is 4.74 Å². The van der Waals surface area contributed by atoms with E-state index in [2.05, 4.69) is 24.1 Å². The number of pyridine rings is 1. The minimum Gasteiger partial charge on any atom is -0.410 e. The fourth-order valence-corrected chi connectivity index (χ4v) is 4.10. The molecule has 3 rings (SSSR count). The molecule has 1 unspecified atom stereocenters. The van der Waals surface area contributed by atoms with E-state index in [0.717, 1.165) is 30.5 Å². The highest BCUT2D eigenvalue weighted by molar-refractivity contribution is 5.94. The smallest absolute Gasteiger partial charge is 0.410 e. The molecule has 0 aliphatic carbocycles. The third-order valence-corrected chi connectivity index (χ3v) is 6.12. The number of hydrogen-bond acceptors (Lipinski definition) is 4. The van der Waals surface area contributed by atoms with E-state index in [1.807, 2.05) is 13.8 Å². The number of amides is 2. The van der Waals surface area contributed by atoms with E-state index < -0.39 is 0 Å². The van der Waals surface area contributed by atoms with Gasteiger partial charge in [0.1, 0.15) is 11.6 Å². The lowest BCUT2D eigenvalue weighted by Gasteiger charge is -2.36. The first-order chi connectivity index (χ1) is 15.2. The molecule has 7 heteroatoms. The molecule has 0 bridgehead atoms. The Bertz CT molecular complexity index is 938. The second-order valence-electron chi connectivity index (χ2n) is 8.93. The van der Waals surface area contributed by atoms with E-state index in [1.165, 1.54) is 24.3 Å². The fraction of sp³-hybridized carbons (Fsp3) is 0.480. The average molecular weight is 442 g/mol. The minimum absolute atomic E-state index is 0.00387. The number of hydrogen-bond donors (Lipinski definition) is 1. The Labute approximate surface area is 189 Å². The van der Waals surface area contributed by atoms with Crippen LogP contribution < -0.4 is 10.1 Å². The van der Waals surface area contributed by atoms with Crippen LogP contribution in [0, 0.1) is 31.5 Å². The second-order valence-corrected chi connectivity index (χ2v) is 8.93. The summed E-state index contributed by atoms with van der Waals surface area (Å²) in [6.07, 6.45) is 3.69. The largest absolute Gasteiger partial charge is 0.415 e. The zero-order valence-electron chi connectivity index (χ0n) is 19.2. The Kier molecular flexibility index (Phi) is 7.83. The number of nitrogens with zero attached hydrogens (tertiary/aromatic N) is 2. The molecular formula is C25H32FN3O3. The zero-order valence-corrected chi connectivity index (χ0v) is 19.2. The molecule has 1 fully saturated rings. The summed E-state index contributed by atoms with van der Waals surface area (Å²) in [7, 11) is 0. The topological polar surface area (TPSA) is 71.5 Å². The fourth-order valence-electron chi connectivity index (χ4n) is 4.10. The minimum atomic E-state index is -0.364. The summed E-state index contributed by atoms with van der Waals surface area (Å²) >= 11 is 0. The Hall–Kier alpha value is -2.96. The van der Waals surface area contributed by atoms with Crippen LogP contribution in [0.25, 0.3) is 0 Å². The number of benzene rings is 1. The van der Waals surface area contributed by atoms with Gasteiger partial charge in [-0.2, -0.15) is 0 Å². The number of halogens is 1. The van der Waals surface area contributed by atoms with Crippen molar-refractivity contribution >= 4 is 12.0 Å². The summed E-state index contributed by atoms with van der Waals surface area (Å²) in [5.41, 5.74) is 2.14. The molecule has 1 aliphatic heterocycles. The van der Waals surface area contributed by atoms with Crippen LogP contribution in [0.1, 0.15) is 54.7 Å². The van der Waals surface area contributed by atoms with Crippen molar-refractivity contribution in [1.82, 2.24) is 15.2 Å². The van der Waals surface area contributed by atoms with Gasteiger partial charge in [-0.25, -0.2) is 9.18 Å². The van der Waals surface area contributed by atoms with Crippen molar-refractivity contribution in [2.45, 2.75) is 53.0 Å². The highest BCUT2D eigenvalue weighted by Crippen LogP contribution is 2.26. The van der Waals surface area contributed by atoms with Crippen molar-refractivity contribution in [3.05, 3.63) is 59.2 Å². The molecule has 1 atom stereocenters. The lowest BCUT2D eigenvalue weighted by Crippen LogP contribution is -2.47. The Morgan fingerprint density at radius 1 is 1.16 bits per heavy atom. The maximum absolute atomic E-state index is 13.2. The van der Waals surface area contributed by atoms with Crippen LogP contribution in [0.15, 0.2) is 36.5 Å². The van der Waals surface area contributed by atoms with E-state index in [1.54, 1.807) is 17.2 Å². The molecule has 32 heavy (non-hydrogen) atoms. The number of carbonyl (C=O) groups excluding carboxylic acids is 2. The number of nitrogens with one attached hydrogen (secondary N) is 1. The maximum atomic E-state index is 13.2. The monoisotopic (exact) mass is 441 g/mol. The molecular weight excluding hydrogens is 409 g/mol. The highest BCUT2D eigenvalue weighted by Gasteiger charge is 2.31. The van der Waals surface area contributed by atoms with Crippen molar-refractivity contribution in [1.29, 1.82) is 0 Å². The molecule has 1 saturated heterocycles. The van der Waals surface area contributed by atoms with Crippen LogP contribution >= 0.6 is 0 Å². The van der Waals surface area contributed by atoms with Crippen LogP contribution in [-0.4, -0.2) is 41.0 Å². The number of ether oxygens (including phenoxy) is 1. The molecule has 2 aromatic rings. The van der Waals surface area contributed by atoms with Gasteiger partial charge in [-0.15, -0.1) is 0 Å². The normalized spacial score (nSPS) is 15.5. The van der Waals surface area contributed by atoms with Crippen LogP contribution in [0.3, 0.4) is 0 Å². The lowest BCUT2D eigenvalue weighted by molar-refractivity contribution is 0.0871. The number of likely N-dealkylation sites (tertiary alicyclic amines) is 1. The SMILES string of the molecule is Cc1nccc(OC(=O)N2CCC(C(CC(C)C)NC(=O)c3ccc(F)cc3)CC2)c1C. The number of aromatic nitrogens is 1. The molecule has 1 N–H and O–H groups in total. The third kappa shape index (κ3) is 6.05. The second kappa shape index (κ2) is 10.6. The van der Waals surface area contributed by atoms with E-state index in [0.29, 0.717) is 30.3 Å². The van der Waals surface area contributed by atoms with Gasteiger partial charge >= 0.3 is 6.09 Å². The molecule has 1 aromatic heterocycles. The van der Waals surface area contributed by atoms with Crippen LogP contribution in [-0.2, 0) is 0 Å². The molecule has 0 spiro atoms. The summed E-state index contributed by atoms with van der Waals surface area (Å²) in [5.74, 6) is 0.650. The maximum Gasteiger partial charge on any atom is 0.415 e. The van der Waals surface area contributed by atoms with Crippen molar-refractivity contribution < 1.29 is 18.7 Å². The lowest BCUT2D eigenvalue weighted by atomic mass is 9.85. The van der Waals surface area contributed by atoms with Gasteiger partial charge in [0.05, 0.1) is 0 Å². The molecule has 6 nitrogen and oxygen atoms in total. The van der Waals surface area contributed by atoms with Crippen molar-refractivity contribution in [2.24, 2.45) is 11.8 Å². The average Bonchev–Trinajstić information content (AvgIpc) is 2.76. The molecule has 2 heterocycles. The zero-order chi connectivity index (χ0) is 23.3. The van der Waals surface area contributed by atoms with E-state index in [9.17, 15) is 14.0 Å². The molecule has 1 aliphatic rings. The first-order valence-corrected chi connectivity index (χ1v) is 11.2. The van der Waals surface area contributed by atoms with Crippen LogP contribution in [0.2, 0.25) is 0 Å². The van der Waals surface area contributed by atoms with Crippen LogP contribution in [0.5, 0.6) is 5.75 Å². The number of rotatable bonds is 6. The molecule has 1 aromatic carbocycles. The Morgan fingerprint density at radius 3 is 2.44 bits per heavy atom.